The molecular weight excluding hydrogens is 420 g/mol. The molecule has 10 nitrogen and oxygen atoms in total. The zero-order valence-electron chi connectivity index (χ0n) is 18.2. The van der Waals surface area contributed by atoms with Crippen molar-refractivity contribution < 1.29 is 9.47 Å². The van der Waals surface area contributed by atoms with Crippen LogP contribution in [0.2, 0.25) is 0 Å². The number of para-hydroxylation sites is 2. The second-order valence-electron chi connectivity index (χ2n) is 7.13. The number of anilines is 2. The standard InChI is InChI=1S/C23H22N8O2/c1-3-32-21-7-5-4-6-20(21)28-23-25-12-19(13-26-23)17-8-9-18(11-24)22(10-17)33-16(2)14-31-15-27-29-30-31/h4-10,12-13,15-16H,3,14H2,1-2H3,(H,25,26,28)/t16-/m0/s1. The highest BCUT2D eigenvalue weighted by Crippen LogP contribution is 2.29. The van der Waals surface area contributed by atoms with Gasteiger partial charge >= 0.3 is 0 Å². The number of benzene rings is 2. The number of tetrazole rings is 1. The molecule has 0 saturated carbocycles. The van der Waals surface area contributed by atoms with E-state index in [0.717, 1.165) is 22.6 Å². The molecule has 0 aliphatic rings. The monoisotopic (exact) mass is 442 g/mol. The minimum absolute atomic E-state index is 0.246. The van der Waals surface area contributed by atoms with E-state index in [1.54, 1.807) is 23.1 Å². The van der Waals surface area contributed by atoms with Gasteiger partial charge in [-0.15, -0.1) is 5.10 Å². The Morgan fingerprint density at radius 2 is 1.91 bits per heavy atom. The van der Waals surface area contributed by atoms with Crippen LogP contribution in [0.25, 0.3) is 11.1 Å². The minimum atomic E-state index is -0.246. The topological polar surface area (TPSA) is 124 Å². The van der Waals surface area contributed by atoms with Crippen molar-refractivity contribution in [3.63, 3.8) is 0 Å². The summed E-state index contributed by atoms with van der Waals surface area (Å²) in [6.07, 6.45) is 4.70. The number of hydrogen-bond acceptors (Lipinski definition) is 9. The van der Waals surface area contributed by atoms with Gasteiger partial charge in [-0.05, 0) is 54.1 Å². The normalized spacial score (nSPS) is 11.4. The molecular formula is C23H22N8O2. The molecule has 10 heteroatoms. The molecule has 0 radical (unpaired) electrons. The lowest BCUT2D eigenvalue weighted by Crippen LogP contribution is -2.20. The average Bonchev–Trinajstić information content (AvgIpc) is 3.34. The van der Waals surface area contributed by atoms with Crippen LogP contribution in [-0.4, -0.2) is 42.9 Å². The highest BCUT2D eigenvalue weighted by Gasteiger charge is 2.13. The van der Waals surface area contributed by atoms with Crippen LogP contribution in [0.4, 0.5) is 11.6 Å². The Labute approximate surface area is 190 Å². The summed E-state index contributed by atoms with van der Waals surface area (Å²) < 4.78 is 13.2. The lowest BCUT2D eigenvalue weighted by atomic mass is 10.1. The lowest BCUT2D eigenvalue weighted by Gasteiger charge is -2.16. The van der Waals surface area contributed by atoms with Crippen molar-refractivity contribution in [1.29, 1.82) is 5.26 Å². The molecule has 0 amide bonds. The van der Waals surface area contributed by atoms with E-state index in [4.69, 9.17) is 9.47 Å². The predicted octanol–water partition coefficient (Wildman–Crippen LogP) is 3.61. The van der Waals surface area contributed by atoms with Crippen LogP contribution in [-0.2, 0) is 6.54 Å². The average molecular weight is 442 g/mol. The lowest BCUT2D eigenvalue weighted by molar-refractivity contribution is 0.192. The van der Waals surface area contributed by atoms with Crippen LogP contribution >= 0.6 is 0 Å². The third kappa shape index (κ3) is 5.40. The SMILES string of the molecule is CCOc1ccccc1Nc1ncc(-c2ccc(C#N)c(O[C@@H](C)Cn3cnnn3)c2)cn1. The van der Waals surface area contributed by atoms with Gasteiger partial charge in [-0.2, -0.15) is 5.26 Å². The molecule has 0 bridgehead atoms. The summed E-state index contributed by atoms with van der Waals surface area (Å²) >= 11 is 0. The van der Waals surface area contributed by atoms with Crippen LogP contribution < -0.4 is 14.8 Å². The number of nitrogens with one attached hydrogen (secondary N) is 1. The summed E-state index contributed by atoms with van der Waals surface area (Å²) in [4.78, 5) is 8.85. The molecule has 1 N–H and O–H groups in total. The number of aromatic nitrogens is 6. The molecule has 166 valence electrons. The molecule has 2 aromatic heterocycles. The van der Waals surface area contributed by atoms with Crippen LogP contribution in [0.3, 0.4) is 0 Å². The molecule has 4 rings (SSSR count). The third-order valence-electron chi connectivity index (χ3n) is 4.68. The molecule has 1 atom stereocenters. The van der Waals surface area contributed by atoms with Gasteiger partial charge in [0.25, 0.3) is 0 Å². The summed E-state index contributed by atoms with van der Waals surface area (Å²) in [5, 5.41) is 23.7. The summed E-state index contributed by atoms with van der Waals surface area (Å²) in [5.41, 5.74) is 2.85. The van der Waals surface area contributed by atoms with Crippen LogP contribution in [0.1, 0.15) is 19.4 Å². The van der Waals surface area contributed by atoms with Gasteiger partial charge in [-0.25, -0.2) is 14.6 Å². The van der Waals surface area contributed by atoms with Gasteiger partial charge < -0.3 is 14.8 Å². The fourth-order valence-electron chi connectivity index (χ4n) is 3.19. The summed E-state index contributed by atoms with van der Waals surface area (Å²) in [7, 11) is 0. The summed E-state index contributed by atoms with van der Waals surface area (Å²) in [6.45, 7) is 4.84. The number of nitriles is 1. The first kappa shape index (κ1) is 21.7. The van der Waals surface area contributed by atoms with Crippen molar-refractivity contribution in [2.24, 2.45) is 0 Å². The van der Waals surface area contributed by atoms with Gasteiger partial charge in [-0.1, -0.05) is 18.2 Å². The van der Waals surface area contributed by atoms with Crippen molar-refractivity contribution in [2.75, 3.05) is 11.9 Å². The molecule has 2 aromatic carbocycles. The van der Waals surface area contributed by atoms with E-state index >= 15 is 0 Å². The summed E-state index contributed by atoms with van der Waals surface area (Å²) in [5.74, 6) is 1.66. The second-order valence-corrected chi connectivity index (χ2v) is 7.13. The molecule has 0 unspecified atom stereocenters. The van der Waals surface area contributed by atoms with Gasteiger partial charge in [-0.3, -0.25) is 0 Å². The molecule has 0 aliphatic carbocycles. The van der Waals surface area contributed by atoms with Crippen molar-refractivity contribution in [3.8, 4) is 28.7 Å². The minimum Gasteiger partial charge on any atom is -0.492 e. The Hall–Kier alpha value is -4.52. The second kappa shape index (κ2) is 10.2. The van der Waals surface area contributed by atoms with Crippen molar-refractivity contribution in [1.82, 2.24) is 30.2 Å². The Bertz CT molecular complexity index is 1240. The number of nitrogens with zero attached hydrogens (tertiary/aromatic N) is 7. The largest absolute Gasteiger partial charge is 0.492 e. The van der Waals surface area contributed by atoms with E-state index < -0.39 is 0 Å². The van der Waals surface area contributed by atoms with Gasteiger partial charge in [0.1, 0.15) is 30.0 Å². The Morgan fingerprint density at radius 3 is 2.64 bits per heavy atom. The zero-order chi connectivity index (χ0) is 23.0. The molecule has 0 aliphatic heterocycles. The Balaban J connectivity index is 1.51. The van der Waals surface area contributed by atoms with Gasteiger partial charge in [0.05, 0.1) is 24.4 Å². The van der Waals surface area contributed by atoms with Crippen LogP contribution in [0.5, 0.6) is 11.5 Å². The highest BCUT2D eigenvalue weighted by molar-refractivity contribution is 5.67. The van der Waals surface area contributed by atoms with E-state index in [1.165, 1.54) is 6.33 Å². The first-order chi connectivity index (χ1) is 16.2. The molecule has 33 heavy (non-hydrogen) atoms. The van der Waals surface area contributed by atoms with Crippen LogP contribution in [0, 0.1) is 11.3 Å². The highest BCUT2D eigenvalue weighted by atomic mass is 16.5. The van der Waals surface area contributed by atoms with Gasteiger partial charge in [0.15, 0.2) is 0 Å². The van der Waals surface area contributed by atoms with E-state index in [2.05, 4.69) is 36.9 Å². The van der Waals surface area contributed by atoms with Crippen molar-refractivity contribution in [3.05, 3.63) is 66.7 Å². The number of rotatable bonds is 9. The van der Waals surface area contributed by atoms with Gasteiger partial charge in [0, 0.05) is 18.0 Å². The summed E-state index contributed by atoms with van der Waals surface area (Å²) in [6, 6.07) is 15.2. The smallest absolute Gasteiger partial charge is 0.227 e. The maximum absolute atomic E-state index is 9.48. The zero-order valence-corrected chi connectivity index (χ0v) is 18.2. The molecule has 0 fully saturated rings. The maximum atomic E-state index is 9.48. The van der Waals surface area contributed by atoms with E-state index in [0.29, 0.717) is 30.4 Å². The van der Waals surface area contributed by atoms with Crippen LogP contribution in [0.15, 0.2) is 61.2 Å². The molecule has 4 aromatic rings. The molecule has 0 saturated heterocycles. The van der Waals surface area contributed by atoms with Crippen molar-refractivity contribution >= 4 is 11.6 Å². The first-order valence-electron chi connectivity index (χ1n) is 10.4. The van der Waals surface area contributed by atoms with E-state index in [-0.39, 0.29) is 6.10 Å². The van der Waals surface area contributed by atoms with Crippen molar-refractivity contribution in [2.45, 2.75) is 26.5 Å². The third-order valence-corrected chi connectivity index (χ3v) is 4.68. The molecule has 2 heterocycles. The number of ether oxygens (including phenoxy) is 2. The fourth-order valence-corrected chi connectivity index (χ4v) is 3.19. The maximum Gasteiger partial charge on any atom is 0.227 e. The molecule has 0 spiro atoms. The van der Waals surface area contributed by atoms with E-state index in [1.807, 2.05) is 50.2 Å². The Morgan fingerprint density at radius 1 is 1.09 bits per heavy atom. The number of hydrogen-bond donors (Lipinski definition) is 1. The van der Waals surface area contributed by atoms with E-state index in [9.17, 15) is 5.26 Å². The van der Waals surface area contributed by atoms with Gasteiger partial charge in [0.2, 0.25) is 5.95 Å². The predicted molar refractivity (Wildman–Crippen MR) is 121 cm³/mol. The first-order valence-corrected chi connectivity index (χ1v) is 10.4. The Kier molecular flexibility index (Phi) is 6.70. The fraction of sp³-hybridized carbons (Fsp3) is 0.217. The quantitative estimate of drug-likeness (QED) is 0.414.